The van der Waals surface area contributed by atoms with E-state index in [1.807, 2.05) is 16.8 Å². The van der Waals surface area contributed by atoms with Gasteiger partial charge in [-0.3, -0.25) is 14.9 Å². The van der Waals surface area contributed by atoms with E-state index in [9.17, 15) is 9.59 Å². The van der Waals surface area contributed by atoms with Crippen LogP contribution < -0.4 is 20.0 Å². The first kappa shape index (κ1) is 15.1. The van der Waals surface area contributed by atoms with Crippen molar-refractivity contribution < 1.29 is 9.59 Å². The van der Waals surface area contributed by atoms with Gasteiger partial charge in [-0.2, -0.15) is 0 Å². The van der Waals surface area contributed by atoms with Gasteiger partial charge in [-0.1, -0.05) is 6.58 Å². The quantitative estimate of drug-likeness (QED) is 0.840. The van der Waals surface area contributed by atoms with Crippen molar-refractivity contribution in [1.82, 2.24) is 5.32 Å². The number of rotatable bonds is 2. The van der Waals surface area contributed by atoms with E-state index in [0.29, 0.717) is 12.8 Å². The van der Waals surface area contributed by atoms with Crippen LogP contribution in [0.5, 0.6) is 0 Å². The molecule has 2 amide bonds. The number of amides is 2. The molecule has 3 heterocycles. The normalized spacial score (nSPS) is 23.8. The monoisotopic (exact) mass is 326 g/mol. The minimum absolute atomic E-state index is 0.195. The molecule has 126 valence electrons. The minimum Gasteiger partial charge on any atom is -0.371 e. The Hall–Kier alpha value is -2.50. The van der Waals surface area contributed by atoms with Gasteiger partial charge < -0.3 is 14.7 Å². The fraction of sp³-hybridized carbons (Fsp3) is 0.444. The summed E-state index contributed by atoms with van der Waals surface area (Å²) in [5.41, 5.74) is 3.27. The van der Waals surface area contributed by atoms with Gasteiger partial charge in [0.15, 0.2) is 0 Å². The third-order valence-electron chi connectivity index (χ3n) is 5.24. The first-order valence-electron chi connectivity index (χ1n) is 8.51. The Morgan fingerprint density at radius 1 is 1.17 bits per heavy atom. The van der Waals surface area contributed by atoms with Gasteiger partial charge in [0.2, 0.25) is 11.8 Å². The highest BCUT2D eigenvalue weighted by Crippen LogP contribution is 2.44. The number of carbonyl (C=O) groups excluding carboxylic acids is 2. The number of carbonyl (C=O) groups is 2. The van der Waals surface area contributed by atoms with Crippen LogP contribution in [-0.2, 0) is 9.59 Å². The van der Waals surface area contributed by atoms with Gasteiger partial charge in [-0.25, -0.2) is 0 Å². The third kappa shape index (κ3) is 2.25. The van der Waals surface area contributed by atoms with Crippen LogP contribution in [0.15, 0.2) is 30.6 Å². The van der Waals surface area contributed by atoms with Gasteiger partial charge in [0.05, 0.1) is 11.4 Å². The first-order chi connectivity index (χ1) is 11.6. The molecule has 24 heavy (non-hydrogen) atoms. The summed E-state index contributed by atoms with van der Waals surface area (Å²) >= 11 is 0. The molecule has 0 spiro atoms. The van der Waals surface area contributed by atoms with Crippen LogP contribution in [0.2, 0.25) is 0 Å². The first-order valence-corrected chi connectivity index (χ1v) is 8.51. The van der Waals surface area contributed by atoms with E-state index in [4.69, 9.17) is 0 Å². The van der Waals surface area contributed by atoms with Crippen molar-refractivity contribution in [3.05, 3.63) is 30.6 Å². The van der Waals surface area contributed by atoms with Crippen molar-refractivity contribution in [2.24, 2.45) is 0 Å². The van der Waals surface area contributed by atoms with E-state index < -0.39 is 0 Å². The molecule has 0 radical (unpaired) electrons. The lowest BCUT2D eigenvalue weighted by Crippen LogP contribution is -2.52. The number of anilines is 3. The van der Waals surface area contributed by atoms with Gasteiger partial charge in [-0.15, -0.1) is 0 Å². The number of piperidine rings is 1. The molecule has 1 aromatic carbocycles. The molecule has 1 atom stereocenters. The zero-order valence-corrected chi connectivity index (χ0v) is 13.9. The maximum absolute atomic E-state index is 12.3. The summed E-state index contributed by atoms with van der Waals surface area (Å²) < 4.78 is 0. The number of imide groups is 1. The average molecular weight is 326 g/mol. The van der Waals surface area contributed by atoms with Crippen LogP contribution in [0.1, 0.15) is 25.7 Å². The lowest BCUT2D eigenvalue weighted by Gasteiger charge is -2.32. The molecule has 1 N–H and O–H groups in total. The summed E-state index contributed by atoms with van der Waals surface area (Å²) in [5, 5.41) is 2.44. The average Bonchev–Trinajstić information content (AvgIpc) is 3.17. The van der Waals surface area contributed by atoms with Gasteiger partial charge >= 0.3 is 0 Å². The Morgan fingerprint density at radius 3 is 2.62 bits per heavy atom. The molecule has 1 unspecified atom stereocenters. The number of hydrogen-bond donors (Lipinski definition) is 1. The second-order valence-corrected chi connectivity index (χ2v) is 6.68. The van der Waals surface area contributed by atoms with E-state index in [0.717, 1.165) is 30.3 Å². The van der Waals surface area contributed by atoms with Gasteiger partial charge in [0.1, 0.15) is 11.9 Å². The molecule has 0 bridgehead atoms. The summed E-state index contributed by atoms with van der Waals surface area (Å²) in [6.45, 7) is 6.36. The molecule has 2 saturated heterocycles. The predicted octanol–water partition coefficient (Wildman–Crippen LogP) is 1.82. The van der Waals surface area contributed by atoms with Crippen molar-refractivity contribution in [1.29, 1.82) is 0 Å². The van der Waals surface area contributed by atoms with Crippen molar-refractivity contribution in [2.45, 2.75) is 31.7 Å². The van der Waals surface area contributed by atoms with Crippen molar-refractivity contribution in [3.8, 4) is 0 Å². The highest BCUT2D eigenvalue weighted by molar-refractivity contribution is 6.03. The third-order valence-corrected chi connectivity index (χ3v) is 5.24. The molecule has 4 rings (SSSR count). The summed E-state index contributed by atoms with van der Waals surface area (Å²) in [7, 11) is 1.97. The van der Waals surface area contributed by atoms with Crippen LogP contribution in [0.25, 0.3) is 0 Å². The van der Waals surface area contributed by atoms with Crippen LogP contribution in [0, 0.1) is 0 Å². The van der Waals surface area contributed by atoms with E-state index in [2.05, 4.69) is 35.0 Å². The van der Waals surface area contributed by atoms with E-state index >= 15 is 0 Å². The van der Waals surface area contributed by atoms with Gasteiger partial charge in [-0.05, 0) is 37.5 Å². The maximum atomic E-state index is 12.3. The lowest BCUT2D eigenvalue weighted by atomic mass is 10.0. The Labute approximate surface area is 141 Å². The molecular weight excluding hydrogens is 304 g/mol. The molecule has 0 aromatic heterocycles. The van der Waals surface area contributed by atoms with Crippen LogP contribution in [0.4, 0.5) is 17.1 Å². The number of nitrogens with one attached hydrogen (secondary N) is 1. The summed E-state index contributed by atoms with van der Waals surface area (Å²) in [6, 6.07) is 5.99. The molecule has 1 aromatic rings. The second kappa shape index (κ2) is 5.54. The molecule has 6 heteroatoms. The van der Waals surface area contributed by atoms with Crippen molar-refractivity contribution in [2.75, 3.05) is 34.8 Å². The van der Waals surface area contributed by atoms with Crippen LogP contribution in [-0.4, -0.2) is 38.0 Å². The highest BCUT2D eigenvalue weighted by atomic mass is 16.2. The van der Waals surface area contributed by atoms with Gasteiger partial charge in [0, 0.05) is 32.2 Å². The fourth-order valence-electron chi connectivity index (χ4n) is 3.87. The molecule has 0 saturated carbocycles. The Kier molecular flexibility index (Phi) is 3.48. The number of benzene rings is 1. The topological polar surface area (TPSA) is 55.9 Å². The molecule has 6 nitrogen and oxygen atoms in total. The van der Waals surface area contributed by atoms with Crippen molar-refractivity contribution >= 4 is 28.9 Å². The second-order valence-electron chi connectivity index (χ2n) is 6.68. The molecule has 3 aliphatic heterocycles. The maximum Gasteiger partial charge on any atom is 0.249 e. The number of fused-ring (bicyclic) bond motifs is 1. The Bertz CT molecular complexity index is 724. The van der Waals surface area contributed by atoms with Gasteiger partial charge in [0.25, 0.3) is 0 Å². The molecule has 2 fully saturated rings. The molecule has 3 aliphatic rings. The highest BCUT2D eigenvalue weighted by Gasteiger charge is 2.39. The molecule has 0 aliphatic carbocycles. The number of hydrogen-bond acceptors (Lipinski definition) is 5. The zero-order valence-electron chi connectivity index (χ0n) is 13.9. The van der Waals surface area contributed by atoms with E-state index in [1.165, 1.54) is 18.5 Å². The van der Waals surface area contributed by atoms with E-state index in [1.54, 1.807) is 0 Å². The van der Waals surface area contributed by atoms with Crippen LogP contribution >= 0.6 is 0 Å². The Morgan fingerprint density at radius 2 is 1.92 bits per heavy atom. The largest absolute Gasteiger partial charge is 0.371 e. The predicted molar refractivity (Wildman–Crippen MR) is 94.1 cm³/mol. The summed E-state index contributed by atoms with van der Waals surface area (Å²) in [4.78, 5) is 30.1. The van der Waals surface area contributed by atoms with E-state index in [-0.39, 0.29) is 17.9 Å². The summed E-state index contributed by atoms with van der Waals surface area (Å²) in [6.07, 6.45) is 3.36. The Balaban J connectivity index is 1.68. The molecular formula is C18H22N4O2. The fourth-order valence-corrected chi connectivity index (χ4v) is 3.87. The minimum atomic E-state index is -0.378. The lowest BCUT2D eigenvalue weighted by molar-refractivity contribution is -0.134. The zero-order chi connectivity index (χ0) is 16.8. The SMILES string of the molecule is C=C1N(C)c2cc(N3CCCC3)ccc2N1C1CCC(=O)NC1=O. The summed E-state index contributed by atoms with van der Waals surface area (Å²) in [5.74, 6) is 0.342. The van der Waals surface area contributed by atoms with Crippen molar-refractivity contribution in [3.63, 3.8) is 0 Å². The smallest absolute Gasteiger partial charge is 0.249 e. The van der Waals surface area contributed by atoms with Crippen LogP contribution in [0.3, 0.4) is 0 Å². The number of nitrogens with zero attached hydrogens (tertiary/aromatic N) is 3. The standard InChI is InChI=1S/C18H22N4O2/c1-12-20(2)16-11-13(21-9-3-4-10-21)5-6-14(16)22(12)15-7-8-17(23)19-18(15)24/h5-6,11,15H,1,3-4,7-10H2,2H3,(H,19,23,24).